The normalized spacial score (nSPS) is 10.5. The standard InChI is InChI=1S/C16H14N2O/c19-16-8-7-15(18-11-16)10-17-14-6-5-12-3-1-2-4-13(12)9-14/h1-9,11,17,19H,10H2. The molecular weight excluding hydrogens is 236 g/mol. The largest absolute Gasteiger partial charge is 0.506 e. The second-order valence-corrected chi connectivity index (χ2v) is 4.42. The van der Waals surface area contributed by atoms with Gasteiger partial charge in [0.2, 0.25) is 0 Å². The molecule has 94 valence electrons. The van der Waals surface area contributed by atoms with Gasteiger partial charge >= 0.3 is 0 Å². The van der Waals surface area contributed by atoms with Crippen molar-refractivity contribution in [1.82, 2.24) is 4.98 Å². The molecule has 0 radical (unpaired) electrons. The number of aromatic nitrogens is 1. The fourth-order valence-electron chi connectivity index (χ4n) is 2.01. The van der Waals surface area contributed by atoms with Crippen molar-refractivity contribution in [2.24, 2.45) is 0 Å². The summed E-state index contributed by atoms with van der Waals surface area (Å²) in [4.78, 5) is 4.14. The lowest BCUT2D eigenvalue weighted by Crippen LogP contribution is -2.00. The molecule has 0 unspecified atom stereocenters. The van der Waals surface area contributed by atoms with Crippen molar-refractivity contribution in [2.45, 2.75) is 6.54 Å². The van der Waals surface area contributed by atoms with Gasteiger partial charge in [0.1, 0.15) is 5.75 Å². The van der Waals surface area contributed by atoms with E-state index in [9.17, 15) is 5.11 Å². The molecule has 3 rings (SSSR count). The van der Waals surface area contributed by atoms with Gasteiger partial charge in [0.15, 0.2) is 0 Å². The Hall–Kier alpha value is -2.55. The first-order chi connectivity index (χ1) is 9.31. The molecule has 1 aromatic heterocycles. The van der Waals surface area contributed by atoms with Crippen molar-refractivity contribution in [3.05, 3.63) is 66.5 Å². The summed E-state index contributed by atoms with van der Waals surface area (Å²) in [5.74, 6) is 0.189. The zero-order valence-corrected chi connectivity index (χ0v) is 10.4. The molecule has 0 fully saturated rings. The molecule has 0 saturated carbocycles. The first-order valence-corrected chi connectivity index (χ1v) is 6.18. The number of anilines is 1. The monoisotopic (exact) mass is 250 g/mol. The van der Waals surface area contributed by atoms with Gasteiger partial charge in [-0.05, 0) is 35.0 Å². The number of pyridine rings is 1. The Bertz CT molecular complexity index is 692. The van der Waals surface area contributed by atoms with Gasteiger partial charge in [-0.25, -0.2) is 0 Å². The van der Waals surface area contributed by atoms with E-state index in [-0.39, 0.29) is 5.75 Å². The average Bonchev–Trinajstić information content (AvgIpc) is 2.46. The minimum Gasteiger partial charge on any atom is -0.506 e. The predicted molar refractivity (Wildman–Crippen MR) is 77.2 cm³/mol. The van der Waals surface area contributed by atoms with Crippen LogP contribution in [-0.2, 0) is 6.54 Å². The van der Waals surface area contributed by atoms with Crippen LogP contribution in [-0.4, -0.2) is 10.1 Å². The topological polar surface area (TPSA) is 45.1 Å². The molecule has 0 atom stereocenters. The average molecular weight is 250 g/mol. The molecule has 3 aromatic rings. The van der Waals surface area contributed by atoms with Crippen LogP contribution >= 0.6 is 0 Å². The number of aromatic hydroxyl groups is 1. The number of nitrogens with zero attached hydrogens (tertiary/aromatic N) is 1. The maximum absolute atomic E-state index is 9.18. The third kappa shape index (κ3) is 2.65. The molecule has 0 spiro atoms. The minimum atomic E-state index is 0.189. The number of hydrogen-bond donors (Lipinski definition) is 2. The lowest BCUT2D eigenvalue weighted by Gasteiger charge is -2.07. The van der Waals surface area contributed by atoms with Crippen LogP contribution in [0.1, 0.15) is 5.69 Å². The lowest BCUT2D eigenvalue weighted by molar-refractivity contribution is 0.472. The Morgan fingerprint density at radius 3 is 2.58 bits per heavy atom. The summed E-state index contributed by atoms with van der Waals surface area (Å²) in [7, 11) is 0. The maximum Gasteiger partial charge on any atom is 0.133 e. The van der Waals surface area contributed by atoms with Crippen LogP contribution in [0.3, 0.4) is 0 Å². The van der Waals surface area contributed by atoms with Gasteiger partial charge in [-0.2, -0.15) is 0 Å². The maximum atomic E-state index is 9.18. The van der Waals surface area contributed by atoms with Crippen molar-refractivity contribution >= 4 is 16.5 Å². The van der Waals surface area contributed by atoms with Crippen LogP contribution in [0.2, 0.25) is 0 Å². The van der Waals surface area contributed by atoms with Crippen molar-refractivity contribution in [2.75, 3.05) is 5.32 Å². The highest BCUT2D eigenvalue weighted by molar-refractivity contribution is 5.85. The molecule has 1 heterocycles. The van der Waals surface area contributed by atoms with Crippen LogP contribution in [0.15, 0.2) is 60.8 Å². The third-order valence-corrected chi connectivity index (χ3v) is 3.03. The number of benzene rings is 2. The molecule has 3 heteroatoms. The zero-order chi connectivity index (χ0) is 13.1. The van der Waals surface area contributed by atoms with E-state index >= 15 is 0 Å². The van der Waals surface area contributed by atoms with E-state index in [0.717, 1.165) is 11.4 Å². The molecular formula is C16H14N2O. The summed E-state index contributed by atoms with van der Waals surface area (Å²) in [6.07, 6.45) is 1.46. The minimum absolute atomic E-state index is 0.189. The van der Waals surface area contributed by atoms with Gasteiger partial charge < -0.3 is 10.4 Å². The Balaban J connectivity index is 1.76. The smallest absolute Gasteiger partial charge is 0.133 e. The van der Waals surface area contributed by atoms with E-state index in [0.29, 0.717) is 6.54 Å². The molecule has 0 saturated heterocycles. The molecule has 2 N–H and O–H groups in total. The van der Waals surface area contributed by atoms with E-state index < -0.39 is 0 Å². The first kappa shape index (κ1) is 11.5. The Kier molecular flexibility index (Phi) is 3.02. The van der Waals surface area contributed by atoms with Gasteiger partial charge in [-0.3, -0.25) is 4.98 Å². The van der Waals surface area contributed by atoms with Gasteiger partial charge in [-0.1, -0.05) is 30.3 Å². The first-order valence-electron chi connectivity index (χ1n) is 6.18. The highest BCUT2D eigenvalue weighted by atomic mass is 16.3. The molecule has 19 heavy (non-hydrogen) atoms. The molecule has 2 aromatic carbocycles. The Morgan fingerprint density at radius 2 is 1.79 bits per heavy atom. The second kappa shape index (κ2) is 4.98. The lowest BCUT2D eigenvalue weighted by atomic mass is 10.1. The molecule has 0 aliphatic heterocycles. The summed E-state index contributed by atoms with van der Waals surface area (Å²) >= 11 is 0. The van der Waals surface area contributed by atoms with Crippen LogP contribution < -0.4 is 5.32 Å². The SMILES string of the molecule is Oc1ccc(CNc2ccc3ccccc3c2)nc1. The van der Waals surface area contributed by atoms with Gasteiger partial charge in [0.25, 0.3) is 0 Å². The molecule has 0 bridgehead atoms. The summed E-state index contributed by atoms with van der Waals surface area (Å²) in [5, 5.41) is 15.0. The number of nitrogens with one attached hydrogen (secondary N) is 1. The van der Waals surface area contributed by atoms with Gasteiger partial charge in [0, 0.05) is 5.69 Å². The predicted octanol–water partition coefficient (Wildman–Crippen LogP) is 3.55. The zero-order valence-electron chi connectivity index (χ0n) is 10.4. The summed E-state index contributed by atoms with van der Waals surface area (Å²) < 4.78 is 0. The summed E-state index contributed by atoms with van der Waals surface area (Å²) in [6.45, 7) is 0.638. The number of fused-ring (bicyclic) bond motifs is 1. The summed E-state index contributed by atoms with van der Waals surface area (Å²) in [5.41, 5.74) is 1.96. The second-order valence-electron chi connectivity index (χ2n) is 4.42. The number of hydrogen-bond acceptors (Lipinski definition) is 3. The van der Waals surface area contributed by atoms with Crippen LogP contribution in [0.4, 0.5) is 5.69 Å². The fourth-order valence-corrected chi connectivity index (χ4v) is 2.01. The Morgan fingerprint density at radius 1 is 0.947 bits per heavy atom. The van der Waals surface area contributed by atoms with Gasteiger partial charge in [0.05, 0.1) is 18.4 Å². The van der Waals surface area contributed by atoms with Crippen molar-refractivity contribution in [3.63, 3.8) is 0 Å². The highest BCUT2D eigenvalue weighted by Gasteiger charge is 1.98. The van der Waals surface area contributed by atoms with Gasteiger partial charge in [-0.15, -0.1) is 0 Å². The molecule has 3 nitrogen and oxygen atoms in total. The van der Waals surface area contributed by atoms with Crippen molar-refractivity contribution in [3.8, 4) is 5.75 Å². The van der Waals surface area contributed by atoms with Crippen LogP contribution in [0.5, 0.6) is 5.75 Å². The van der Waals surface area contributed by atoms with E-state index in [2.05, 4.69) is 40.6 Å². The highest BCUT2D eigenvalue weighted by Crippen LogP contribution is 2.19. The third-order valence-electron chi connectivity index (χ3n) is 3.03. The van der Waals surface area contributed by atoms with E-state index in [1.165, 1.54) is 17.0 Å². The fraction of sp³-hybridized carbons (Fsp3) is 0.0625. The van der Waals surface area contributed by atoms with Crippen LogP contribution in [0, 0.1) is 0 Å². The van der Waals surface area contributed by atoms with E-state index in [4.69, 9.17) is 0 Å². The summed E-state index contributed by atoms with van der Waals surface area (Å²) in [6, 6.07) is 18.0. The Labute approximate surface area is 111 Å². The molecule has 0 amide bonds. The molecule has 0 aliphatic carbocycles. The quantitative estimate of drug-likeness (QED) is 0.747. The van der Waals surface area contributed by atoms with Crippen molar-refractivity contribution in [1.29, 1.82) is 0 Å². The molecule has 0 aliphatic rings. The van der Waals surface area contributed by atoms with E-state index in [1.807, 2.05) is 18.2 Å². The van der Waals surface area contributed by atoms with Crippen molar-refractivity contribution < 1.29 is 5.11 Å². The van der Waals surface area contributed by atoms with Crippen LogP contribution in [0.25, 0.3) is 10.8 Å². The number of rotatable bonds is 3. The van der Waals surface area contributed by atoms with E-state index in [1.54, 1.807) is 6.07 Å².